The largest absolute Gasteiger partial charge is 0.501 e. The first-order chi connectivity index (χ1) is 8.72. The molecule has 0 saturated heterocycles. The van der Waals surface area contributed by atoms with Gasteiger partial charge in [-0.15, -0.1) is 0 Å². The molecule has 0 spiro atoms. The van der Waals surface area contributed by atoms with Gasteiger partial charge in [-0.3, -0.25) is 4.79 Å². The van der Waals surface area contributed by atoms with Gasteiger partial charge in [-0.1, -0.05) is 6.07 Å². The number of methoxy groups -OCH3 is 1. The molecule has 1 aromatic heterocycles. The van der Waals surface area contributed by atoms with Crippen molar-refractivity contribution < 1.29 is 14.7 Å². The van der Waals surface area contributed by atoms with Crippen molar-refractivity contribution in [2.75, 3.05) is 7.11 Å². The number of hydrogen-bond acceptors (Lipinski definition) is 3. The van der Waals surface area contributed by atoms with Crippen LogP contribution in [-0.2, 0) is 9.53 Å². The molecule has 0 aliphatic heterocycles. The maximum Gasteiger partial charge on any atom is 0.278 e. The SMILES string of the molecule is COC1=C(C(=O)N=c2ccccn2O)CCCC1. The fourth-order valence-corrected chi connectivity index (χ4v) is 2.01. The van der Waals surface area contributed by atoms with Crippen molar-refractivity contribution in [2.45, 2.75) is 25.7 Å². The molecule has 5 nitrogen and oxygen atoms in total. The standard InChI is InChI=1S/C13H16N2O3/c1-18-11-7-3-2-6-10(11)13(16)14-12-8-4-5-9-15(12)17/h4-5,8-9,17H,2-3,6-7H2,1H3. The molecule has 0 aromatic carbocycles. The smallest absolute Gasteiger partial charge is 0.278 e. The predicted molar refractivity (Wildman–Crippen MR) is 64.7 cm³/mol. The molecule has 0 bridgehead atoms. The molecule has 1 amide bonds. The minimum atomic E-state index is -0.333. The van der Waals surface area contributed by atoms with Gasteiger partial charge in [0.1, 0.15) is 5.76 Å². The molecule has 1 aliphatic carbocycles. The predicted octanol–water partition coefficient (Wildman–Crippen LogP) is 1.63. The Morgan fingerprint density at radius 3 is 2.89 bits per heavy atom. The summed E-state index contributed by atoms with van der Waals surface area (Å²) >= 11 is 0. The van der Waals surface area contributed by atoms with Crippen molar-refractivity contribution in [3.05, 3.63) is 41.2 Å². The van der Waals surface area contributed by atoms with E-state index in [2.05, 4.69) is 4.99 Å². The fourth-order valence-electron chi connectivity index (χ4n) is 2.01. The highest BCUT2D eigenvalue weighted by molar-refractivity contribution is 5.94. The highest BCUT2D eigenvalue weighted by Crippen LogP contribution is 2.25. The highest BCUT2D eigenvalue weighted by atomic mass is 16.5. The highest BCUT2D eigenvalue weighted by Gasteiger charge is 2.19. The van der Waals surface area contributed by atoms with Crippen LogP contribution in [0.1, 0.15) is 25.7 Å². The molecular formula is C13H16N2O3. The Bertz CT molecular complexity index is 543. The Balaban J connectivity index is 2.35. The maximum absolute atomic E-state index is 12.1. The summed E-state index contributed by atoms with van der Waals surface area (Å²) in [6.07, 6.45) is 4.89. The Morgan fingerprint density at radius 2 is 2.17 bits per heavy atom. The van der Waals surface area contributed by atoms with E-state index in [0.717, 1.165) is 29.8 Å². The van der Waals surface area contributed by atoms with Gasteiger partial charge in [0.2, 0.25) is 0 Å². The summed E-state index contributed by atoms with van der Waals surface area (Å²) in [7, 11) is 1.57. The molecule has 2 rings (SSSR count). The number of ether oxygens (including phenoxy) is 1. The van der Waals surface area contributed by atoms with E-state index in [0.29, 0.717) is 12.0 Å². The van der Waals surface area contributed by atoms with Crippen molar-refractivity contribution >= 4 is 5.91 Å². The van der Waals surface area contributed by atoms with Crippen LogP contribution < -0.4 is 5.49 Å². The van der Waals surface area contributed by atoms with Crippen LogP contribution in [0.25, 0.3) is 0 Å². The minimum Gasteiger partial charge on any atom is -0.501 e. The third-order valence-corrected chi connectivity index (χ3v) is 2.96. The van der Waals surface area contributed by atoms with Gasteiger partial charge in [0.05, 0.1) is 12.7 Å². The molecule has 0 unspecified atom stereocenters. The first-order valence-electron chi connectivity index (χ1n) is 5.94. The lowest BCUT2D eigenvalue weighted by Gasteiger charge is -2.16. The lowest BCUT2D eigenvalue weighted by molar-refractivity contribution is -0.115. The number of carbonyl (C=O) groups is 1. The lowest BCUT2D eigenvalue weighted by Crippen LogP contribution is -2.20. The zero-order valence-corrected chi connectivity index (χ0v) is 10.3. The average Bonchev–Trinajstić information content (AvgIpc) is 2.41. The monoisotopic (exact) mass is 248 g/mol. The number of carbonyl (C=O) groups excluding carboxylic acids is 1. The number of allylic oxidation sites excluding steroid dienone is 1. The van der Waals surface area contributed by atoms with Crippen LogP contribution >= 0.6 is 0 Å². The van der Waals surface area contributed by atoms with Crippen LogP contribution in [-0.4, -0.2) is 23.0 Å². The van der Waals surface area contributed by atoms with Gasteiger partial charge in [0, 0.05) is 12.6 Å². The second kappa shape index (κ2) is 5.53. The summed E-state index contributed by atoms with van der Waals surface area (Å²) < 4.78 is 6.05. The molecule has 18 heavy (non-hydrogen) atoms. The van der Waals surface area contributed by atoms with Crippen molar-refractivity contribution in [2.24, 2.45) is 4.99 Å². The zero-order valence-electron chi connectivity index (χ0n) is 10.3. The van der Waals surface area contributed by atoms with E-state index in [4.69, 9.17) is 4.74 Å². The van der Waals surface area contributed by atoms with E-state index >= 15 is 0 Å². The van der Waals surface area contributed by atoms with E-state index in [1.165, 1.54) is 6.20 Å². The topological polar surface area (TPSA) is 63.8 Å². The van der Waals surface area contributed by atoms with E-state index in [1.807, 2.05) is 0 Å². The van der Waals surface area contributed by atoms with Gasteiger partial charge in [-0.25, -0.2) is 0 Å². The van der Waals surface area contributed by atoms with Crippen molar-refractivity contribution in [3.63, 3.8) is 0 Å². The quantitative estimate of drug-likeness (QED) is 0.809. The van der Waals surface area contributed by atoms with Crippen molar-refractivity contribution in [3.8, 4) is 0 Å². The summed E-state index contributed by atoms with van der Waals surface area (Å²) in [6, 6.07) is 4.95. The molecule has 0 saturated carbocycles. The molecule has 1 N–H and O–H groups in total. The van der Waals surface area contributed by atoms with Crippen LogP contribution in [0.15, 0.2) is 40.7 Å². The van der Waals surface area contributed by atoms with Crippen molar-refractivity contribution in [1.29, 1.82) is 0 Å². The Hall–Kier alpha value is -2.04. The number of hydrogen-bond donors (Lipinski definition) is 1. The van der Waals surface area contributed by atoms with Gasteiger partial charge in [-0.2, -0.15) is 9.72 Å². The molecule has 96 valence electrons. The van der Waals surface area contributed by atoms with Crippen LogP contribution in [0.2, 0.25) is 0 Å². The third-order valence-electron chi connectivity index (χ3n) is 2.96. The van der Waals surface area contributed by atoms with Gasteiger partial charge in [-0.05, 0) is 31.4 Å². The van der Waals surface area contributed by atoms with Crippen LogP contribution in [0.4, 0.5) is 0 Å². The normalized spacial score (nSPS) is 16.8. The van der Waals surface area contributed by atoms with Gasteiger partial charge < -0.3 is 9.94 Å². The molecule has 1 heterocycles. The summed E-state index contributed by atoms with van der Waals surface area (Å²) in [5.74, 6) is 0.385. The summed E-state index contributed by atoms with van der Waals surface area (Å²) in [5, 5.41) is 9.50. The minimum absolute atomic E-state index is 0.219. The Kier molecular flexibility index (Phi) is 3.82. The molecule has 0 radical (unpaired) electrons. The molecular weight excluding hydrogens is 232 g/mol. The summed E-state index contributed by atoms with van der Waals surface area (Å²) in [5.41, 5.74) is 0.837. The number of nitrogens with zero attached hydrogens (tertiary/aromatic N) is 2. The maximum atomic E-state index is 12.1. The molecule has 5 heteroatoms. The molecule has 1 aliphatic rings. The molecule has 1 aromatic rings. The Labute approximate surface area is 105 Å². The number of pyridine rings is 1. The molecule has 0 fully saturated rings. The average molecular weight is 248 g/mol. The lowest BCUT2D eigenvalue weighted by atomic mass is 9.97. The van der Waals surface area contributed by atoms with E-state index in [-0.39, 0.29) is 11.4 Å². The van der Waals surface area contributed by atoms with Gasteiger partial charge >= 0.3 is 0 Å². The third kappa shape index (κ3) is 2.61. The number of amides is 1. The van der Waals surface area contributed by atoms with Gasteiger partial charge in [0.25, 0.3) is 5.91 Å². The number of aromatic nitrogens is 1. The summed E-state index contributed by atoms with van der Waals surface area (Å²) in [6.45, 7) is 0. The van der Waals surface area contributed by atoms with Crippen LogP contribution in [0, 0.1) is 0 Å². The van der Waals surface area contributed by atoms with Crippen LogP contribution in [0.5, 0.6) is 0 Å². The first kappa shape index (κ1) is 12.4. The molecule has 0 atom stereocenters. The van der Waals surface area contributed by atoms with E-state index in [9.17, 15) is 10.0 Å². The Morgan fingerprint density at radius 1 is 1.39 bits per heavy atom. The number of rotatable bonds is 2. The summed E-state index contributed by atoms with van der Waals surface area (Å²) in [4.78, 5) is 16.0. The van der Waals surface area contributed by atoms with Crippen molar-refractivity contribution in [1.82, 2.24) is 4.73 Å². The zero-order chi connectivity index (χ0) is 13.0. The second-order valence-electron chi connectivity index (χ2n) is 4.13. The fraction of sp³-hybridized carbons (Fsp3) is 0.385. The first-order valence-corrected chi connectivity index (χ1v) is 5.94. The van der Waals surface area contributed by atoms with Gasteiger partial charge in [0.15, 0.2) is 5.49 Å². The van der Waals surface area contributed by atoms with Crippen LogP contribution in [0.3, 0.4) is 0 Å². The van der Waals surface area contributed by atoms with E-state index < -0.39 is 0 Å². The van der Waals surface area contributed by atoms with E-state index in [1.54, 1.807) is 25.3 Å². The second-order valence-corrected chi connectivity index (χ2v) is 4.13.